The zero-order valence-corrected chi connectivity index (χ0v) is 25.8. The maximum Gasteiger partial charge on any atom is 0.255 e. The van der Waals surface area contributed by atoms with E-state index >= 15 is 0 Å². The number of furan rings is 1. The molecular weight excluding hydrogens is 604 g/mol. The first-order valence-electron chi connectivity index (χ1n) is 13.4. The van der Waals surface area contributed by atoms with Crippen LogP contribution in [0.25, 0.3) is 54.2 Å². The largest absolute Gasteiger partial charge is 0.494 e. The topological polar surface area (TPSA) is 128 Å². The van der Waals surface area contributed by atoms with E-state index in [2.05, 4.69) is 5.32 Å². The van der Waals surface area contributed by atoms with E-state index < -0.39 is 21.7 Å². The molecule has 0 fully saturated rings. The van der Waals surface area contributed by atoms with Gasteiger partial charge in [-0.15, -0.1) is 11.3 Å². The summed E-state index contributed by atoms with van der Waals surface area (Å²) in [4.78, 5) is 18.9. The van der Waals surface area contributed by atoms with Gasteiger partial charge in [-0.1, -0.05) is 18.2 Å². The van der Waals surface area contributed by atoms with E-state index in [1.54, 1.807) is 24.3 Å². The van der Waals surface area contributed by atoms with Crippen molar-refractivity contribution in [1.29, 1.82) is 0 Å². The smallest absolute Gasteiger partial charge is 0.255 e. The summed E-state index contributed by atoms with van der Waals surface area (Å²) in [6, 6.07) is 20.0. The molecule has 44 heavy (non-hydrogen) atoms. The Morgan fingerprint density at radius 3 is 2.45 bits per heavy atom. The van der Waals surface area contributed by atoms with Crippen molar-refractivity contribution in [3.63, 3.8) is 0 Å². The van der Waals surface area contributed by atoms with Gasteiger partial charge in [0.15, 0.2) is 0 Å². The second-order valence-electron chi connectivity index (χ2n) is 10.1. The number of carbonyl (C=O) groups is 1. The first-order chi connectivity index (χ1) is 21.0. The molecule has 6 aromatic rings. The lowest BCUT2D eigenvalue weighted by molar-refractivity contribution is 0.0964. The van der Waals surface area contributed by atoms with Crippen LogP contribution in [0.15, 0.2) is 77.2 Å². The average molecular weight is 631 g/mol. The zero-order valence-electron chi connectivity index (χ0n) is 24.1. The molecule has 9 nitrogen and oxygen atoms in total. The van der Waals surface area contributed by atoms with E-state index in [-0.39, 0.29) is 22.6 Å². The van der Waals surface area contributed by atoms with Gasteiger partial charge in [-0.25, -0.2) is 17.8 Å². The molecule has 12 heteroatoms. The number of nitrogens with two attached hydrogens (primary N) is 1. The fourth-order valence-electron chi connectivity index (χ4n) is 5.10. The number of hydrogen-bond acceptors (Lipinski definition) is 8. The van der Waals surface area contributed by atoms with Crippen molar-refractivity contribution in [3.05, 3.63) is 84.2 Å². The van der Waals surface area contributed by atoms with Crippen molar-refractivity contribution in [2.24, 2.45) is 0 Å². The van der Waals surface area contributed by atoms with Crippen LogP contribution in [0, 0.1) is 5.82 Å². The highest BCUT2D eigenvalue weighted by Crippen LogP contribution is 2.46. The zero-order chi connectivity index (χ0) is 31.3. The SMILES string of the molecule is CNC(=O)c1c(-c2ccc(F)cc2)oc2cc(N(C)S(C)(=O)=O)c(-c3ccc(OC)c(-c4sc5ccccc5c4N)n3)cc12. The van der Waals surface area contributed by atoms with E-state index in [0.29, 0.717) is 44.2 Å². The molecule has 0 radical (unpaired) electrons. The number of nitrogens with zero attached hydrogens (tertiary/aromatic N) is 2. The number of aromatic nitrogens is 1. The van der Waals surface area contributed by atoms with Crippen LogP contribution in [0.4, 0.5) is 15.8 Å². The fraction of sp³-hybridized carbons (Fsp3) is 0.125. The third-order valence-electron chi connectivity index (χ3n) is 7.41. The van der Waals surface area contributed by atoms with E-state index in [0.717, 1.165) is 20.6 Å². The van der Waals surface area contributed by atoms with Crippen molar-refractivity contribution in [2.75, 3.05) is 37.5 Å². The van der Waals surface area contributed by atoms with E-state index in [4.69, 9.17) is 19.9 Å². The lowest BCUT2D eigenvalue weighted by Gasteiger charge is -2.21. The molecule has 0 aliphatic carbocycles. The number of methoxy groups -OCH3 is 1. The Morgan fingerprint density at radius 1 is 1.07 bits per heavy atom. The molecule has 0 bridgehead atoms. The number of carbonyl (C=O) groups excluding carboxylic acids is 1. The first-order valence-corrected chi connectivity index (χ1v) is 16.0. The Bertz CT molecular complexity index is 2190. The van der Waals surface area contributed by atoms with Gasteiger partial charge in [0, 0.05) is 46.8 Å². The number of halogens is 1. The van der Waals surface area contributed by atoms with Crippen LogP contribution < -0.4 is 20.1 Å². The van der Waals surface area contributed by atoms with Crippen LogP contribution in [-0.2, 0) is 10.0 Å². The van der Waals surface area contributed by atoms with Crippen LogP contribution in [0.3, 0.4) is 0 Å². The van der Waals surface area contributed by atoms with Gasteiger partial charge in [0.05, 0.1) is 40.9 Å². The fourth-order valence-corrected chi connectivity index (χ4v) is 6.72. The standard InChI is InChI=1S/C32H27FN4O5S2/c1-35-32(38)27-21-15-20(22-13-14-24(41-3)29(36-22)31-28(34)19-7-5-6-8-26(19)43-31)23(37(2)44(4,39)40)16-25(21)42-30(27)17-9-11-18(33)12-10-17/h5-16H,34H2,1-4H3,(H,35,38). The summed E-state index contributed by atoms with van der Waals surface area (Å²) in [5.74, 6) is -0.170. The number of thiophene rings is 1. The van der Waals surface area contributed by atoms with Crippen LogP contribution in [-0.4, -0.2) is 46.8 Å². The molecule has 1 amide bonds. The molecule has 0 aliphatic rings. The van der Waals surface area contributed by atoms with Gasteiger partial charge in [0.2, 0.25) is 10.0 Å². The van der Waals surface area contributed by atoms with Gasteiger partial charge < -0.3 is 20.2 Å². The van der Waals surface area contributed by atoms with Gasteiger partial charge in [0.1, 0.15) is 28.6 Å². The van der Waals surface area contributed by atoms with E-state index in [1.165, 1.54) is 56.8 Å². The summed E-state index contributed by atoms with van der Waals surface area (Å²) in [6.07, 6.45) is 1.09. The summed E-state index contributed by atoms with van der Waals surface area (Å²) < 4.78 is 53.3. The summed E-state index contributed by atoms with van der Waals surface area (Å²) in [7, 11) is 0.727. The summed E-state index contributed by atoms with van der Waals surface area (Å²) in [6.45, 7) is 0. The molecule has 3 heterocycles. The maximum atomic E-state index is 13.7. The second-order valence-corrected chi connectivity index (χ2v) is 13.1. The van der Waals surface area contributed by atoms with E-state index in [1.807, 2.05) is 24.3 Å². The minimum atomic E-state index is -3.74. The monoisotopic (exact) mass is 630 g/mol. The molecule has 3 aromatic carbocycles. The van der Waals surface area contributed by atoms with Crippen LogP contribution >= 0.6 is 11.3 Å². The number of fused-ring (bicyclic) bond motifs is 2. The lowest BCUT2D eigenvalue weighted by Crippen LogP contribution is -2.25. The highest BCUT2D eigenvalue weighted by molar-refractivity contribution is 7.92. The Labute approximate surface area is 256 Å². The van der Waals surface area contributed by atoms with Crippen LogP contribution in [0.5, 0.6) is 5.75 Å². The molecule has 3 N–H and O–H groups in total. The minimum absolute atomic E-state index is 0.214. The number of amides is 1. The quantitative estimate of drug-likeness (QED) is 0.205. The second kappa shape index (κ2) is 11.0. The predicted octanol–water partition coefficient (Wildman–Crippen LogP) is 6.53. The van der Waals surface area contributed by atoms with Gasteiger partial charge in [-0.3, -0.25) is 9.10 Å². The van der Waals surface area contributed by atoms with Crippen molar-refractivity contribution < 1.29 is 26.8 Å². The van der Waals surface area contributed by atoms with Gasteiger partial charge >= 0.3 is 0 Å². The molecule has 224 valence electrons. The van der Waals surface area contributed by atoms with E-state index in [9.17, 15) is 17.6 Å². The Morgan fingerprint density at radius 2 is 1.80 bits per heavy atom. The number of sulfonamides is 1. The third kappa shape index (κ3) is 4.91. The number of rotatable bonds is 7. The lowest BCUT2D eigenvalue weighted by atomic mass is 10.0. The Kier molecular flexibility index (Phi) is 7.26. The third-order valence-corrected chi connectivity index (χ3v) is 9.79. The maximum absolute atomic E-state index is 13.7. The predicted molar refractivity (Wildman–Crippen MR) is 173 cm³/mol. The van der Waals surface area contributed by atoms with Crippen molar-refractivity contribution in [2.45, 2.75) is 0 Å². The Balaban J connectivity index is 1.65. The Hall–Kier alpha value is -4.94. The summed E-state index contributed by atoms with van der Waals surface area (Å²) in [5.41, 5.74) is 9.68. The van der Waals surface area contributed by atoms with Crippen LogP contribution in [0.2, 0.25) is 0 Å². The molecular formula is C32H27FN4O5S2. The molecule has 0 saturated carbocycles. The normalized spacial score (nSPS) is 11.7. The summed E-state index contributed by atoms with van der Waals surface area (Å²) in [5, 5.41) is 3.96. The molecule has 0 aliphatic heterocycles. The summed E-state index contributed by atoms with van der Waals surface area (Å²) >= 11 is 1.47. The van der Waals surface area contributed by atoms with Gasteiger partial charge in [0.25, 0.3) is 5.91 Å². The average Bonchev–Trinajstić information content (AvgIpc) is 3.56. The molecule has 3 aromatic heterocycles. The number of pyridine rings is 1. The van der Waals surface area contributed by atoms with Crippen molar-refractivity contribution in [1.82, 2.24) is 10.3 Å². The van der Waals surface area contributed by atoms with Gasteiger partial charge in [-0.05, 0) is 48.5 Å². The van der Waals surface area contributed by atoms with Crippen molar-refractivity contribution in [3.8, 4) is 38.9 Å². The first kappa shape index (κ1) is 29.1. The molecule has 0 atom stereocenters. The molecule has 0 unspecified atom stereocenters. The minimum Gasteiger partial charge on any atom is -0.494 e. The number of anilines is 2. The molecule has 6 rings (SSSR count). The number of nitrogens with one attached hydrogen (secondary N) is 1. The van der Waals surface area contributed by atoms with Gasteiger partial charge in [-0.2, -0.15) is 0 Å². The van der Waals surface area contributed by atoms with Crippen LogP contribution in [0.1, 0.15) is 10.4 Å². The molecule has 0 spiro atoms. The highest BCUT2D eigenvalue weighted by atomic mass is 32.2. The highest BCUT2D eigenvalue weighted by Gasteiger charge is 2.27. The number of nitrogen functional groups attached to an aromatic ring is 1. The number of benzene rings is 3. The number of hydrogen-bond donors (Lipinski definition) is 2. The number of ether oxygens (including phenoxy) is 1. The molecule has 0 saturated heterocycles. The van der Waals surface area contributed by atoms with Crippen molar-refractivity contribution >= 4 is 59.7 Å².